The fourth-order valence-electron chi connectivity index (χ4n) is 5.68. The molecule has 5 rings (SSSR count). The van der Waals surface area contributed by atoms with E-state index in [1.165, 1.54) is 17.4 Å². The normalized spacial score (nSPS) is 18.1. The van der Waals surface area contributed by atoms with Crippen molar-refractivity contribution in [1.82, 2.24) is 14.9 Å². The van der Waals surface area contributed by atoms with Gasteiger partial charge in [0.25, 0.3) is 0 Å². The number of carbonyl (C=O) groups excluding carboxylic acids is 1. The molecule has 1 saturated carbocycles. The number of piperidine rings is 1. The van der Waals surface area contributed by atoms with Gasteiger partial charge in [-0.1, -0.05) is 25.3 Å². The van der Waals surface area contributed by atoms with Gasteiger partial charge in [0.2, 0.25) is 5.91 Å². The van der Waals surface area contributed by atoms with Crippen LogP contribution in [0.5, 0.6) is 0 Å². The topological polar surface area (TPSA) is 76.0 Å². The maximum absolute atomic E-state index is 13.4. The van der Waals surface area contributed by atoms with Crippen molar-refractivity contribution in [3.63, 3.8) is 0 Å². The molecule has 2 fully saturated rings. The SMILES string of the molecule is N#Cc1ccc2[nH]cc(C3CCN(CCN(C(=O)C4CCCCC4)c4ccccn4)CC3)c2c1. The van der Waals surface area contributed by atoms with Crippen molar-refractivity contribution in [2.45, 2.75) is 50.9 Å². The number of rotatable bonds is 6. The minimum absolute atomic E-state index is 0.140. The van der Waals surface area contributed by atoms with E-state index in [0.29, 0.717) is 18.0 Å². The second kappa shape index (κ2) is 10.4. The molecule has 0 bridgehead atoms. The van der Waals surface area contributed by atoms with Gasteiger partial charge < -0.3 is 9.88 Å². The smallest absolute Gasteiger partial charge is 0.231 e. The number of fused-ring (bicyclic) bond motifs is 1. The zero-order chi connectivity index (χ0) is 23.3. The molecule has 3 aromatic rings. The second-order valence-electron chi connectivity index (χ2n) is 9.74. The van der Waals surface area contributed by atoms with Crippen LogP contribution in [0.2, 0.25) is 0 Å². The minimum Gasteiger partial charge on any atom is -0.361 e. The van der Waals surface area contributed by atoms with Crippen molar-refractivity contribution in [1.29, 1.82) is 5.26 Å². The highest BCUT2D eigenvalue weighted by Crippen LogP contribution is 2.34. The average molecular weight is 456 g/mol. The number of hydrogen-bond donors (Lipinski definition) is 1. The first kappa shape index (κ1) is 22.6. The lowest BCUT2D eigenvalue weighted by atomic mass is 9.88. The number of hydrogen-bond acceptors (Lipinski definition) is 4. The Morgan fingerprint density at radius 3 is 2.68 bits per heavy atom. The Labute approximate surface area is 201 Å². The van der Waals surface area contributed by atoms with E-state index in [1.54, 1.807) is 6.20 Å². The van der Waals surface area contributed by atoms with Crippen LogP contribution < -0.4 is 4.90 Å². The summed E-state index contributed by atoms with van der Waals surface area (Å²) in [7, 11) is 0. The van der Waals surface area contributed by atoms with E-state index in [2.05, 4.69) is 27.1 Å². The summed E-state index contributed by atoms with van der Waals surface area (Å²) < 4.78 is 0. The zero-order valence-corrected chi connectivity index (χ0v) is 19.7. The largest absolute Gasteiger partial charge is 0.361 e. The molecule has 1 aromatic carbocycles. The molecule has 176 valence electrons. The molecule has 0 spiro atoms. The van der Waals surface area contributed by atoms with E-state index in [4.69, 9.17) is 0 Å². The third-order valence-electron chi connectivity index (χ3n) is 7.66. The summed E-state index contributed by atoms with van der Waals surface area (Å²) in [6.07, 6.45) is 11.6. The molecule has 6 nitrogen and oxygen atoms in total. The minimum atomic E-state index is 0.140. The third-order valence-corrected chi connectivity index (χ3v) is 7.66. The second-order valence-corrected chi connectivity index (χ2v) is 9.74. The standard InChI is InChI=1S/C28H33N5O/c29-19-21-9-10-26-24(18-21)25(20-31-26)22-11-14-32(15-12-22)16-17-33(27-8-4-5-13-30-27)28(34)23-6-2-1-3-7-23/h4-5,8-10,13,18,20,22-23,31H,1-3,6-7,11-12,14-17H2. The van der Waals surface area contributed by atoms with Crippen LogP contribution >= 0.6 is 0 Å². The Morgan fingerprint density at radius 2 is 1.94 bits per heavy atom. The first-order valence-corrected chi connectivity index (χ1v) is 12.7. The molecule has 34 heavy (non-hydrogen) atoms. The van der Waals surface area contributed by atoms with Gasteiger partial charge in [0.1, 0.15) is 5.82 Å². The number of H-pyrrole nitrogens is 1. The third kappa shape index (κ3) is 4.85. The number of benzene rings is 1. The fourth-order valence-corrected chi connectivity index (χ4v) is 5.68. The number of nitrogens with one attached hydrogen (secondary N) is 1. The molecular weight excluding hydrogens is 422 g/mol. The van der Waals surface area contributed by atoms with Gasteiger partial charge in [-0.05, 0) is 80.6 Å². The van der Waals surface area contributed by atoms with Crippen LogP contribution in [0.15, 0.2) is 48.8 Å². The molecule has 6 heteroatoms. The maximum Gasteiger partial charge on any atom is 0.231 e. The predicted molar refractivity (Wildman–Crippen MR) is 135 cm³/mol. The van der Waals surface area contributed by atoms with E-state index in [1.807, 2.05) is 41.3 Å². The van der Waals surface area contributed by atoms with Crippen LogP contribution in [0, 0.1) is 17.2 Å². The van der Waals surface area contributed by atoms with Gasteiger partial charge in [0.15, 0.2) is 0 Å². The summed E-state index contributed by atoms with van der Waals surface area (Å²) in [4.78, 5) is 25.7. The van der Waals surface area contributed by atoms with Crippen molar-refractivity contribution in [2.24, 2.45) is 5.92 Å². The van der Waals surface area contributed by atoms with Gasteiger partial charge in [-0.25, -0.2) is 4.98 Å². The van der Waals surface area contributed by atoms with Crippen LogP contribution in [0.4, 0.5) is 5.82 Å². The van der Waals surface area contributed by atoms with Gasteiger partial charge >= 0.3 is 0 Å². The Balaban J connectivity index is 1.22. The lowest BCUT2D eigenvalue weighted by Gasteiger charge is -2.34. The quantitative estimate of drug-likeness (QED) is 0.552. The van der Waals surface area contributed by atoms with Crippen molar-refractivity contribution in [2.75, 3.05) is 31.1 Å². The number of carbonyl (C=O) groups is 1. The molecule has 0 radical (unpaired) electrons. The van der Waals surface area contributed by atoms with Crippen molar-refractivity contribution in [3.8, 4) is 6.07 Å². The van der Waals surface area contributed by atoms with Crippen LogP contribution in [0.3, 0.4) is 0 Å². The van der Waals surface area contributed by atoms with Crippen LogP contribution in [-0.2, 0) is 4.79 Å². The molecule has 1 amide bonds. The molecule has 1 saturated heterocycles. The summed E-state index contributed by atoms with van der Waals surface area (Å²) in [6.45, 7) is 3.59. The van der Waals surface area contributed by atoms with Crippen molar-refractivity contribution >= 4 is 22.6 Å². The zero-order valence-electron chi connectivity index (χ0n) is 19.7. The molecule has 1 aliphatic carbocycles. The number of aromatic amines is 1. The molecule has 1 N–H and O–H groups in total. The Kier molecular flexibility index (Phi) is 6.92. The van der Waals surface area contributed by atoms with Gasteiger partial charge in [-0.2, -0.15) is 5.26 Å². The van der Waals surface area contributed by atoms with Crippen LogP contribution in [-0.4, -0.2) is 47.0 Å². The molecule has 1 aliphatic heterocycles. The number of pyridine rings is 1. The highest BCUT2D eigenvalue weighted by atomic mass is 16.2. The molecule has 0 unspecified atom stereocenters. The van der Waals surface area contributed by atoms with Gasteiger partial charge in [0.05, 0.1) is 11.6 Å². The van der Waals surface area contributed by atoms with E-state index in [-0.39, 0.29) is 11.8 Å². The Bertz CT molecular complexity index is 1150. The monoisotopic (exact) mass is 455 g/mol. The molecule has 0 atom stereocenters. The highest BCUT2D eigenvalue weighted by molar-refractivity contribution is 5.94. The number of nitriles is 1. The molecule has 2 aliphatic rings. The number of anilines is 1. The van der Waals surface area contributed by atoms with Crippen LogP contribution in [0.1, 0.15) is 62.0 Å². The maximum atomic E-state index is 13.4. The number of amides is 1. The first-order valence-electron chi connectivity index (χ1n) is 12.7. The van der Waals surface area contributed by atoms with Gasteiger partial charge in [-0.15, -0.1) is 0 Å². The summed E-state index contributed by atoms with van der Waals surface area (Å²) in [5.74, 6) is 1.66. The van der Waals surface area contributed by atoms with E-state index in [9.17, 15) is 10.1 Å². The highest BCUT2D eigenvalue weighted by Gasteiger charge is 2.29. The van der Waals surface area contributed by atoms with E-state index >= 15 is 0 Å². The van der Waals surface area contributed by atoms with Crippen LogP contribution in [0.25, 0.3) is 10.9 Å². The first-order chi connectivity index (χ1) is 16.7. The van der Waals surface area contributed by atoms with E-state index < -0.39 is 0 Å². The number of nitrogens with zero attached hydrogens (tertiary/aromatic N) is 4. The lowest BCUT2D eigenvalue weighted by molar-refractivity contribution is -0.123. The van der Waals surface area contributed by atoms with E-state index in [0.717, 1.165) is 69.5 Å². The molecule has 2 aromatic heterocycles. The Morgan fingerprint density at radius 1 is 1.12 bits per heavy atom. The summed E-state index contributed by atoms with van der Waals surface area (Å²) in [6, 6.07) is 14.0. The predicted octanol–water partition coefficient (Wildman–Crippen LogP) is 5.23. The van der Waals surface area contributed by atoms with Crippen molar-refractivity contribution < 1.29 is 4.79 Å². The fraction of sp³-hybridized carbons (Fsp3) is 0.464. The van der Waals surface area contributed by atoms with Gasteiger partial charge in [0, 0.05) is 42.3 Å². The molecular formula is C28H33N5O. The number of aromatic nitrogens is 2. The molecule has 3 heterocycles. The summed E-state index contributed by atoms with van der Waals surface area (Å²) in [5.41, 5.74) is 3.14. The lowest BCUT2D eigenvalue weighted by Crippen LogP contribution is -2.44. The summed E-state index contributed by atoms with van der Waals surface area (Å²) in [5, 5.41) is 10.5. The Hall–Kier alpha value is -3.17. The average Bonchev–Trinajstić information content (AvgIpc) is 3.33. The van der Waals surface area contributed by atoms with Crippen molar-refractivity contribution in [3.05, 3.63) is 59.9 Å². The number of likely N-dealkylation sites (tertiary alicyclic amines) is 1. The summed E-state index contributed by atoms with van der Waals surface area (Å²) >= 11 is 0. The van der Waals surface area contributed by atoms with Gasteiger partial charge in [-0.3, -0.25) is 9.69 Å².